The maximum Gasteiger partial charge on any atom is 0.410 e. The smallest absolute Gasteiger partial charge is 0.410 e. The maximum absolute atomic E-state index is 14.3. The number of piperazine rings is 2. The second-order valence-corrected chi connectivity index (χ2v) is 22.0. The number of phenolic OH excluding ortho intramolecular Hbond substituents is 1. The summed E-state index contributed by atoms with van der Waals surface area (Å²) in [5.74, 6) is -0.158. The number of carbonyl (C=O) groups excluding carboxylic acids is 2. The average Bonchev–Trinajstić information content (AvgIpc) is 4.37. The molecule has 0 spiro atoms. The molecule has 4 aliphatic rings. The number of amides is 3. The molecule has 4 saturated heterocycles. The SMILES string of the molecule is Cc1ncsc1-c1ccc(C(C)NC(=O)[C@@H]2C[C@@H](O)CN2C(=O)C(c2cc(OCCN3CCN(CCOc4cc(N5C6CCC5CN(c5cc(-c7ccccc7O)nnc5NC(=O)O)C6)ccn4)[C@H](C)C3)no2)C(C)C)cc1. The highest BCUT2D eigenvalue weighted by molar-refractivity contribution is 7.13. The quantitative estimate of drug-likeness (QED) is 0.0569. The molecular weight excluding hydrogens is 1020 g/mol. The third-order valence-electron chi connectivity index (χ3n) is 15.5. The monoisotopic (exact) mass is 1080 g/mol. The summed E-state index contributed by atoms with van der Waals surface area (Å²) in [7, 11) is 0. The van der Waals surface area contributed by atoms with Crippen molar-refractivity contribution in [2.24, 2.45) is 5.92 Å². The second kappa shape index (κ2) is 23.7. The number of aromatic nitrogens is 5. The predicted molar refractivity (Wildman–Crippen MR) is 294 cm³/mol. The summed E-state index contributed by atoms with van der Waals surface area (Å²) >= 11 is 1.59. The number of ether oxygens (including phenoxy) is 2. The highest BCUT2D eigenvalue weighted by atomic mass is 32.1. The van der Waals surface area contributed by atoms with Crippen LogP contribution in [-0.4, -0.2) is 169 Å². The lowest BCUT2D eigenvalue weighted by molar-refractivity contribution is -0.141. The maximum atomic E-state index is 14.3. The molecule has 412 valence electrons. The fourth-order valence-electron chi connectivity index (χ4n) is 11.5. The molecular formula is C56H68N12O9S. The third-order valence-corrected chi connectivity index (χ3v) is 16.5. The number of thiazole rings is 1. The number of hydrogen-bond acceptors (Lipinski definition) is 18. The molecule has 21 nitrogen and oxygen atoms in total. The first-order chi connectivity index (χ1) is 37.7. The summed E-state index contributed by atoms with van der Waals surface area (Å²) < 4.78 is 18.1. The molecule has 0 radical (unpaired) electrons. The number of para-hydroxylation sites is 1. The van der Waals surface area contributed by atoms with Crippen LogP contribution in [0.15, 0.2) is 89.0 Å². The molecule has 10 rings (SSSR count). The number of likely N-dealkylation sites (tertiary alicyclic amines) is 1. The van der Waals surface area contributed by atoms with Crippen molar-refractivity contribution in [3.63, 3.8) is 0 Å². The first kappa shape index (κ1) is 54.0. The molecule has 2 aromatic carbocycles. The van der Waals surface area contributed by atoms with Gasteiger partial charge in [0.2, 0.25) is 17.7 Å². The van der Waals surface area contributed by atoms with Gasteiger partial charge in [-0.15, -0.1) is 21.5 Å². The molecule has 4 unspecified atom stereocenters. The minimum atomic E-state index is -1.23. The number of benzene rings is 2. The number of carbonyl (C=O) groups is 3. The molecule has 8 heterocycles. The molecule has 78 heavy (non-hydrogen) atoms. The number of nitrogens with one attached hydrogen (secondary N) is 2. The zero-order valence-corrected chi connectivity index (χ0v) is 45.4. The Hall–Kier alpha value is -7.40. The zero-order valence-electron chi connectivity index (χ0n) is 44.6. The van der Waals surface area contributed by atoms with Crippen LogP contribution in [0, 0.1) is 12.8 Å². The average molecular weight is 1090 g/mol. The van der Waals surface area contributed by atoms with E-state index >= 15 is 0 Å². The summed E-state index contributed by atoms with van der Waals surface area (Å²) in [5.41, 5.74) is 7.39. The Bertz CT molecular complexity index is 3050. The van der Waals surface area contributed by atoms with Gasteiger partial charge in [-0.1, -0.05) is 50.2 Å². The van der Waals surface area contributed by atoms with E-state index in [4.69, 9.17) is 14.0 Å². The van der Waals surface area contributed by atoms with Gasteiger partial charge in [-0.05, 0) is 80.1 Å². The largest absolute Gasteiger partial charge is 0.507 e. The van der Waals surface area contributed by atoms with Crippen LogP contribution >= 0.6 is 11.3 Å². The van der Waals surface area contributed by atoms with Gasteiger partial charge in [-0.3, -0.25) is 24.7 Å². The van der Waals surface area contributed by atoms with Crippen LogP contribution in [-0.2, 0) is 9.59 Å². The standard InChI is InChI=1S/C56H68N12O9S/c1-33(2)51(55(72)67-31-42(69)25-46(67)54(71)59-35(4)37-10-12-38(13-11-37)52-36(5)58-32-78-52)48-27-50(63-77-48)76-22-20-64-18-19-65(34(3)28-64)21-23-75-49-24-39(16-17-57-49)68-40-14-15-41(68)30-66(29-40)45-26-44(43-8-6-7-9-47(43)70)61-62-53(45)60-56(73)74/h6-13,16-17,24,26-27,32-35,40-42,46,51,69-70H,14-15,18-23,25,28-31H2,1-5H3,(H,59,71)(H,60,62)(H,73,74)/t34-,35?,40?,41?,42-,46+,51?/m1/s1. The van der Waals surface area contributed by atoms with Crippen molar-refractivity contribution in [3.8, 4) is 39.2 Å². The number of fused-ring (bicyclic) bond motifs is 2. The van der Waals surface area contributed by atoms with Gasteiger partial charge < -0.3 is 49.3 Å². The number of β-amino-alcohol motifs (C(OH)–C–C–N with tert-alkyl or cyclic N) is 1. The third kappa shape index (κ3) is 12.0. The van der Waals surface area contributed by atoms with Gasteiger partial charge in [0.1, 0.15) is 30.9 Å². The van der Waals surface area contributed by atoms with E-state index in [-0.39, 0.29) is 72.3 Å². The summed E-state index contributed by atoms with van der Waals surface area (Å²) in [6.45, 7) is 16.0. The Morgan fingerprint density at radius 3 is 2.36 bits per heavy atom. The molecule has 6 aromatic rings. The van der Waals surface area contributed by atoms with E-state index in [0.717, 1.165) is 66.4 Å². The van der Waals surface area contributed by atoms with Crippen molar-refractivity contribution in [2.45, 2.75) is 96.1 Å². The topological polar surface area (TPSA) is 248 Å². The highest BCUT2D eigenvalue weighted by Crippen LogP contribution is 2.41. The van der Waals surface area contributed by atoms with Crippen molar-refractivity contribution in [1.29, 1.82) is 0 Å². The minimum Gasteiger partial charge on any atom is -0.507 e. The van der Waals surface area contributed by atoms with E-state index in [0.29, 0.717) is 61.4 Å². The molecule has 3 amide bonds. The molecule has 5 N–H and O–H groups in total. The van der Waals surface area contributed by atoms with E-state index < -0.39 is 24.2 Å². The van der Waals surface area contributed by atoms with Crippen molar-refractivity contribution in [2.75, 3.05) is 80.7 Å². The van der Waals surface area contributed by atoms with Crippen molar-refractivity contribution >= 4 is 46.4 Å². The molecule has 4 aromatic heterocycles. The van der Waals surface area contributed by atoms with Crippen LogP contribution in [0.3, 0.4) is 0 Å². The van der Waals surface area contributed by atoms with Crippen molar-refractivity contribution < 1.29 is 43.7 Å². The van der Waals surface area contributed by atoms with E-state index in [9.17, 15) is 29.7 Å². The number of aliphatic hydroxyl groups is 1. The number of pyridine rings is 1. The number of aryl methyl sites for hydroxylation is 1. The van der Waals surface area contributed by atoms with E-state index in [2.05, 4.69) is 62.5 Å². The first-order valence-electron chi connectivity index (χ1n) is 26.8. The number of anilines is 3. The van der Waals surface area contributed by atoms with Gasteiger partial charge in [0.15, 0.2) is 11.6 Å². The number of rotatable bonds is 19. The molecule has 0 aliphatic carbocycles. The zero-order chi connectivity index (χ0) is 54.6. The lowest BCUT2D eigenvalue weighted by atomic mass is 9.91. The van der Waals surface area contributed by atoms with Gasteiger partial charge in [-0.25, -0.2) is 14.8 Å². The van der Waals surface area contributed by atoms with Gasteiger partial charge in [-0.2, -0.15) is 0 Å². The summed E-state index contributed by atoms with van der Waals surface area (Å²) in [4.78, 5) is 60.6. The second-order valence-electron chi connectivity index (χ2n) is 21.1. The molecule has 7 atom stereocenters. The lowest BCUT2D eigenvalue weighted by Gasteiger charge is -2.43. The number of carboxylic acid groups (broad SMARTS) is 1. The summed E-state index contributed by atoms with van der Waals surface area (Å²) in [5, 5.41) is 49.0. The number of phenols is 1. The van der Waals surface area contributed by atoms with E-state index in [1.165, 1.54) is 4.90 Å². The van der Waals surface area contributed by atoms with Crippen LogP contribution < -0.4 is 29.9 Å². The molecule has 22 heteroatoms. The lowest BCUT2D eigenvalue weighted by Crippen LogP contribution is -2.54. The molecule has 4 aliphatic heterocycles. The first-order valence-corrected chi connectivity index (χ1v) is 27.7. The minimum absolute atomic E-state index is 0.0403. The molecule has 0 saturated carbocycles. The fourth-order valence-corrected chi connectivity index (χ4v) is 12.4. The highest BCUT2D eigenvalue weighted by Gasteiger charge is 2.44. The van der Waals surface area contributed by atoms with Crippen LogP contribution in [0.25, 0.3) is 21.7 Å². The van der Waals surface area contributed by atoms with Crippen molar-refractivity contribution in [3.05, 3.63) is 102 Å². The summed E-state index contributed by atoms with van der Waals surface area (Å²) in [6, 6.07) is 21.8. The summed E-state index contributed by atoms with van der Waals surface area (Å²) in [6.07, 6.45) is 1.79. The molecule has 2 bridgehead atoms. The Kier molecular flexibility index (Phi) is 16.4. The number of hydrogen-bond donors (Lipinski definition) is 5. The van der Waals surface area contributed by atoms with Crippen LogP contribution in [0.1, 0.15) is 75.9 Å². The van der Waals surface area contributed by atoms with E-state index in [1.807, 2.05) is 69.6 Å². The van der Waals surface area contributed by atoms with Crippen LogP contribution in [0.2, 0.25) is 0 Å². The van der Waals surface area contributed by atoms with Gasteiger partial charge >= 0.3 is 6.09 Å². The van der Waals surface area contributed by atoms with Gasteiger partial charge in [0.25, 0.3) is 5.88 Å². The van der Waals surface area contributed by atoms with Gasteiger partial charge in [0, 0.05) is 106 Å². The van der Waals surface area contributed by atoms with Crippen LogP contribution in [0.5, 0.6) is 17.5 Å². The Morgan fingerprint density at radius 2 is 1.64 bits per heavy atom. The Morgan fingerprint density at radius 1 is 0.885 bits per heavy atom. The van der Waals surface area contributed by atoms with Crippen molar-refractivity contribution in [1.82, 2.24) is 45.3 Å². The number of nitrogens with zero attached hydrogens (tertiary/aromatic N) is 10. The Balaban J connectivity index is 0.673. The van der Waals surface area contributed by atoms with Crippen LogP contribution in [0.4, 0.5) is 22.0 Å². The Labute approximate surface area is 457 Å². The normalized spacial score (nSPS) is 21.4. The predicted octanol–water partition coefficient (Wildman–Crippen LogP) is 6.65. The van der Waals surface area contributed by atoms with Gasteiger partial charge in [0.05, 0.1) is 39.6 Å². The molecule has 4 fully saturated rings. The van der Waals surface area contributed by atoms with E-state index in [1.54, 1.807) is 53.9 Å². The number of aromatic hydroxyl groups is 1. The number of aliphatic hydroxyl groups excluding tert-OH is 1. The fraction of sp³-hybridized carbons (Fsp3) is 0.464.